The molecule has 3 N–H and O–H groups in total. The van der Waals surface area contributed by atoms with Crippen molar-refractivity contribution < 1.29 is 9.84 Å². The second-order valence-electron chi connectivity index (χ2n) is 7.79. The zero-order chi connectivity index (χ0) is 20.5. The average molecular weight is 400 g/mol. The molecule has 1 saturated carbocycles. The highest BCUT2D eigenvalue weighted by Gasteiger charge is 2.26. The smallest absolute Gasteiger partial charge is 0.150 e. The predicted octanol–water partition coefficient (Wildman–Crippen LogP) is 4.79. The van der Waals surface area contributed by atoms with Gasteiger partial charge in [-0.25, -0.2) is 9.97 Å². The van der Waals surface area contributed by atoms with Crippen molar-refractivity contribution in [1.82, 2.24) is 14.4 Å². The summed E-state index contributed by atoms with van der Waals surface area (Å²) in [5.74, 6) is 3.32. The second-order valence-corrected chi connectivity index (χ2v) is 7.79. The van der Waals surface area contributed by atoms with E-state index in [1.165, 1.54) is 0 Å². The van der Waals surface area contributed by atoms with Crippen LogP contribution in [0.4, 0.5) is 5.82 Å². The third-order valence-corrected chi connectivity index (χ3v) is 5.78. The number of anilines is 1. The topological polar surface area (TPSA) is 85.7 Å². The predicted molar refractivity (Wildman–Crippen MR) is 117 cm³/mol. The van der Waals surface area contributed by atoms with E-state index in [2.05, 4.69) is 9.38 Å². The highest BCUT2D eigenvalue weighted by atomic mass is 16.5. The first-order valence-corrected chi connectivity index (χ1v) is 10.3. The first kappa shape index (κ1) is 18.6. The van der Waals surface area contributed by atoms with Crippen LogP contribution in [-0.4, -0.2) is 25.6 Å². The number of nitrogens with zero attached hydrogens (tertiary/aromatic N) is 3. The molecule has 0 radical (unpaired) electrons. The minimum absolute atomic E-state index is 0.198. The molecule has 6 heteroatoms. The van der Waals surface area contributed by atoms with Crippen LogP contribution in [0.1, 0.15) is 37.4 Å². The van der Waals surface area contributed by atoms with Crippen molar-refractivity contribution in [2.45, 2.75) is 37.7 Å². The van der Waals surface area contributed by atoms with Gasteiger partial charge in [0, 0.05) is 23.9 Å². The first-order chi connectivity index (χ1) is 14.7. The molecule has 2 aromatic carbocycles. The van der Waals surface area contributed by atoms with Crippen LogP contribution in [0.3, 0.4) is 0 Å². The van der Waals surface area contributed by atoms with Crippen LogP contribution in [0.25, 0.3) is 16.8 Å². The summed E-state index contributed by atoms with van der Waals surface area (Å²) in [6.07, 6.45) is 6.90. The Balaban J connectivity index is 1.51. The summed E-state index contributed by atoms with van der Waals surface area (Å²) in [6, 6.07) is 17.6. The molecule has 30 heavy (non-hydrogen) atoms. The van der Waals surface area contributed by atoms with Crippen molar-refractivity contribution in [3.05, 3.63) is 72.8 Å². The van der Waals surface area contributed by atoms with Gasteiger partial charge in [0.25, 0.3) is 0 Å². The summed E-state index contributed by atoms with van der Waals surface area (Å²) in [6.45, 7) is 0. The largest absolute Gasteiger partial charge is 0.457 e. The molecular formula is C24H24N4O2. The number of nitrogen functional groups attached to an aromatic ring is 1. The van der Waals surface area contributed by atoms with Gasteiger partial charge in [-0.2, -0.15) is 0 Å². The molecule has 6 nitrogen and oxygen atoms in total. The Bertz CT molecular complexity index is 1150. The fourth-order valence-electron chi connectivity index (χ4n) is 4.22. The normalized spacial score (nSPS) is 19.1. The molecule has 0 aliphatic heterocycles. The number of hydrogen-bond donors (Lipinski definition) is 2. The van der Waals surface area contributed by atoms with Crippen molar-refractivity contribution in [1.29, 1.82) is 0 Å². The molecule has 0 amide bonds. The fraction of sp³-hybridized carbons (Fsp3) is 0.250. The lowest BCUT2D eigenvalue weighted by Gasteiger charge is -2.24. The lowest BCUT2D eigenvalue weighted by atomic mass is 9.87. The molecule has 1 aliphatic rings. The van der Waals surface area contributed by atoms with Crippen LogP contribution in [0.2, 0.25) is 0 Å². The van der Waals surface area contributed by atoms with Crippen molar-refractivity contribution in [2.24, 2.45) is 0 Å². The molecule has 0 atom stereocenters. The Hall–Kier alpha value is -3.38. The van der Waals surface area contributed by atoms with E-state index in [-0.39, 0.29) is 6.10 Å². The standard InChI is InChI=1S/C24H24N4O2/c25-23-22-21(16-8-12-20(13-9-16)30-19-4-2-1-3-5-19)27-24(28(22)15-14-26-23)17-6-10-18(29)11-7-17/h1-5,8-9,12-15,17-18,29H,6-7,10-11H2,(H2,25,26). The van der Waals surface area contributed by atoms with Crippen LogP contribution in [0.15, 0.2) is 67.0 Å². The number of aromatic nitrogens is 3. The highest BCUT2D eigenvalue weighted by Crippen LogP contribution is 2.37. The van der Waals surface area contributed by atoms with Crippen molar-refractivity contribution in [3.8, 4) is 22.8 Å². The van der Waals surface area contributed by atoms with E-state index in [1.807, 2.05) is 60.8 Å². The van der Waals surface area contributed by atoms with E-state index in [0.717, 1.165) is 59.8 Å². The summed E-state index contributed by atoms with van der Waals surface area (Å²) in [4.78, 5) is 9.29. The third-order valence-electron chi connectivity index (χ3n) is 5.78. The van der Waals surface area contributed by atoms with Gasteiger partial charge in [-0.3, -0.25) is 4.40 Å². The third kappa shape index (κ3) is 3.50. The number of para-hydroxylation sites is 1. The number of imidazole rings is 1. The number of fused-ring (bicyclic) bond motifs is 1. The summed E-state index contributed by atoms with van der Waals surface area (Å²) in [5.41, 5.74) is 8.88. The Morgan fingerprint density at radius 1 is 0.933 bits per heavy atom. The number of aliphatic hydroxyl groups is 1. The molecular weight excluding hydrogens is 376 g/mol. The molecule has 1 aliphatic carbocycles. The average Bonchev–Trinajstić information content (AvgIpc) is 3.17. The van der Waals surface area contributed by atoms with Gasteiger partial charge >= 0.3 is 0 Å². The maximum atomic E-state index is 9.88. The van der Waals surface area contributed by atoms with Gasteiger partial charge < -0.3 is 15.6 Å². The lowest BCUT2D eigenvalue weighted by molar-refractivity contribution is 0.121. The Labute approximate surface area is 175 Å². The Morgan fingerprint density at radius 3 is 2.37 bits per heavy atom. The number of nitrogens with two attached hydrogens (primary N) is 1. The van der Waals surface area contributed by atoms with Crippen molar-refractivity contribution >= 4 is 11.3 Å². The Kier molecular flexibility index (Phi) is 4.85. The van der Waals surface area contributed by atoms with E-state index in [0.29, 0.717) is 11.7 Å². The van der Waals surface area contributed by atoms with E-state index in [9.17, 15) is 5.11 Å². The number of benzene rings is 2. The molecule has 2 aromatic heterocycles. The molecule has 0 unspecified atom stereocenters. The second kappa shape index (κ2) is 7.80. The van der Waals surface area contributed by atoms with E-state index < -0.39 is 0 Å². The number of ether oxygens (including phenoxy) is 1. The molecule has 0 saturated heterocycles. The highest BCUT2D eigenvalue weighted by molar-refractivity contribution is 5.85. The zero-order valence-corrected chi connectivity index (χ0v) is 16.6. The quantitative estimate of drug-likeness (QED) is 0.514. The number of hydrogen-bond acceptors (Lipinski definition) is 5. The molecule has 5 rings (SSSR count). The van der Waals surface area contributed by atoms with Crippen LogP contribution in [0.5, 0.6) is 11.5 Å². The van der Waals surface area contributed by atoms with Gasteiger partial charge in [0.15, 0.2) is 0 Å². The molecule has 0 bridgehead atoms. The SMILES string of the molecule is Nc1nccn2c(C3CCC(O)CC3)nc(-c3ccc(Oc4ccccc4)cc3)c12. The summed E-state index contributed by atoms with van der Waals surface area (Å²) in [5, 5.41) is 9.88. The maximum Gasteiger partial charge on any atom is 0.150 e. The molecule has 1 fully saturated rings. The van der Waals surface area contributed by atoms with E-state index in [1.54, 1.807) is 6.20 Å². The van der Waals surface area contributed by atoms with Crippen LogP contribution >= 0.6 is 0 Å². The fourth-order valence-corrected chi connectivity index (χ4v) is 4.22. The van der Waals surface area contributed by atoms with Crippen LogP contribution < -0.4 is 10.5 Å². The molecule has 152 valence electrons. The van der Waals surface area contributed by atoms with E-state index >= 15 is 0 Å². The molecule has 0 spiro atoms. The summed E-state index contributed by atoms with van der Waals surface area (Å²) in [7, 11) is 0. The first-order valence-electron chi connectivity index (χ1n) is 10.3. The minimum atomic E-state index is -0.198. The zero-order valence-electron chi connectivity index (χ0n) is 16.6. The van der Waals surface area contributed by atoms with Crippen LogP contribution in [-0.2, 0) is 0 Å². The van der Waals surface area contributed by atoms with Gasteiger partial charge in [0.1, 0.15) is 34.4 Å². The summed E-state index contributed by atoms with van der Waals surface area (Å²) >= 11 is 0. The van der Waals surface area contributed by atoms with E-state index in [4.69, 9.17) is 15.5 Å². The maximum absolute atomic E-state index is 9.88. The molecule has 4 aromatic rings. The van der Waals surface area contributed by atoms with Gasteiger partial charge in [-0.05, 0) is 62.1 Å². The monoisotopic (exact) mass is 400 g/mol. The van der Waals surface area contributed by atoms with Crippen LogP contribution in [0, 0.1) is 0 Å². The van der Waals surface area contributed by atoms with Gasteiger partial charge in [0.05, 0.1) is 6.10 Å². The van der Waals surface area contributed by atoms with Gasteiger partial charge in [0.2, 0.25) is 0 Å². The minimum Gasteiger partial charge on any atom is -0.457 e. The molecule has 2 heterocycles. The summed E-state index contributed by atoms with van der Waals surface area (Å²) < 4.78 is 7.97. The van der Waals surface area contributed by atoms with Crippen molar-refractivity contribution in [2.75, 3.05) is 5.73 Å². The number of rotatable bonds is 4. The number of aliphatic hydroxyl groups excluding tert-OH is 1. The van der Waals surface area contributed by atoms with Crippen molar-refractivity contribution in [3.63, 3.8) is 0 Å². The Morgan fingerprint density at radius 2 is 1.63 bits per heavy atom. The lowest BCUT2D eigenvalue weighted by Crippen LogP contribution is -2.18. The van der Waals surface area contributed by atoms with Gasteiger partial charge in [-0.1, -0.05) is 18.2 Å². The van der Waals surface area contributed by atoms with Gasteiger partial charge in [-0.15, -0.1) is 0 Å².